The number of likely N-dealkylation sites (tertiary alicyclic amines) is 2. The molecule has 2 nitrogen and oxygen atoms in total. The van der Waals surface area contributed by atoms with Gasteiger partial charge in [0.15, 0.2) is 0 Å². The van der Waals surface area contributed by atoms with Gasteiger partial charge in [-0.2, -0.15) is 0 Å². The van der Waals surface area contributed by atoms with Gasteiger partial charge in [0, 0.05) is 10.8 Å². The second-order valence-corrected chi connectivity index (χ2v) is 9.35. The molecule has 0 aromatic carbocycles. The van der Waals surface area contributed by atoms with E-state index in [1.54, 1.807) is 0 Å². The number of rotatable bonds is 0. The molecule has 0 bridgehead atoms. The van der Waals surface area contributed by atoms with Crippen LogP contribution in [0.2, 0.25) is 0 Å². The molecule has 0 saturated carbocycles. The highest BCUT2D eigenvalue weighted by molar-refractivity contribution is 4.95. The Morgan fingerprint density at radius 3 is 1.12 bits per heavy atom. The first-order chi connectivity index (χ1) is 7.33. The normalized spacial score (nSPS) is 35.3. The summed E-state index contributed by atoms with van der Waals surface area (Å²) in [5.41, 5.74) is 1.39. The van der Waals surface area contributed by atoms with Gasteiger partial charge in [-0.1, -0.05) is 27.7 Å². The fourth-order valence-electron chi connectivity index (χ4n) is 5.73. The fraction of sp³-hybridized carbons (Fsp3) is 1.00. The van der Waals surface area contributed by atoms with E-state index >= 15 is 0 Å². The quantitative estimate of drug-likeness (QED) is 0.571. The number of hydrogen-bond donors (Lipinski definition) is 0. The van der Waals surface area contributed by atoms with Crippen molar-refractivity contribution in [3.05, 3.63) is 0 Å². The van der Waals surface area contributed by atoms with Crippen molar-refractivity contribution in [2.24, 2.45) is 10.8 Å². The molecule has 0 aromatic rings. The molecule has 0 amide bonds. The summed E-state index contributed by atoms with van der Waals surface area (Å²) in [5, 5.41) is 0. The van der Waals surface area contributed by atoms with Crippen molar-refractivity contribution in [2.75, 3.05) is 41.3 Å². The van der Waals surface area contributed by atoms with Gasteiger partial charge in [0.05, 0.1) is 54.1 Å². The molecule has 0 aliphatic carbocycles. The average Bonchev–Trinajstić information content (AvgIpc) is 2.22. The van der Waals surface area contributed by atoms with Gasteiger partial charge in [-0.25, -0.2) is 0 Å². The summed E-state index contributed by atoms with van der Waals surface area (Å²) >= 11 is 0. The van der Waals surface area contributed by atoms with Crippen LogP contribution in [0.5, 0.6) is 0 Å². The highest BCUT2D eigenvalue weighted by Gasteiger charge is 2.71. The van der Waals surface area contributed by atoms with Crippen molar-refractivity contribution in [2.45, 2.75) is 46.2 Å². The van der Waals surface area contributed by atoms with Gasteiger partial charge in [-0.15, -0.1) is 0 Å². The van der Waals surface area contributed by atoms with Crippen LogP contribution in [0.1, 0.15) is 40.5 Å². The Hall–Kier alpha value is -0.0800. The molecule has 0 N–H and O–H groups in total. The zero-order valence-electron chi connectivity index (χ0n) is 13.2. The van der Waals surface area contributed by atoms with E-state index in [0.29, 0.717) is 16.5 Å². The molecule has 1 spiro atoms. The molecule has 2 fully saturated rings. The molecule has 2 saturated heterocycles. The fourth-order valence-corrected chi connectivity index (χ4v) is 5.73. The van der Waals surface area contributed by atoms with Crippen molar-refractivity contribution < 1.29 is 8.97 Å². The summed E-state index contributed by atoms with van der Waals surface area (Å²) in [6, 6.07) is 0. The first-order valence-corrected chi connectivity index (χ1v) is 6.99. The van der Waals surface area contributed by atoms with Crippen LogP contribution >= 0.6 is 0 Å². The summed E-state index contributed by atoms with van der Waals surface area (Å²) in [7, 11) is 9.82. The maximum Gasteiger partial charge on any atom is 0.226 e. The summed E-state index contributed by atoms with van der Waals surface area (Å²) in [6.07, 6.45) is 2.73. The van der Waals surface area contributed by atoms with E-state index in [4.69, 9.17) is 0 Å². The lowest BCUT2D eigenvalue weighted by atomic mass is 9.82. The van der Waals surface area contributed by atoms with Crippen LogP contribution in [0.4, 0.5) is 0 Å². The maximum atomic E-state index is 2.45. The van der Waals surface area contributed by atoms with Crippen LogP contribution in [0.15, 0.2) is 0 Å². The molecule has 0 unspecified atom stereocenters. The van der Waals surface area contributed by atoms with Gasteiger partial charge >= 0.3 is 0 Å². The largest absolute Gasteiger partial charge is 0.277 e. The smallest absolute Gasteiger partial charge is 0.226 e. The molecule has 2 aliphatic heterocycles. The van der Waals surface area contributed by atoms with Crippen molar-refractivity contribution in [1.29, 1.82) is 0 Å². The van der Waals surface area contributed by atoms with E-state index in [1.165, 1.54) is 34.9 Å². The first-order valence-electron chi connectivity index (χ1n) is 6.99. The molecule has 0 radical (unpaired) electrons. The monoisotopic (exact) mass is 240 g/mol. The van der Waals surface area contributed by atoms with E-state index < -0.39 is 0 Å². The minimum Gasteiger partial charge on any atom is -0.277 e. The van der Waals surface area contributed by atoms with Crippen LogP contribution in [-0.4, -0.2) is 55.9 Å². The van der Waals surface area contributed by atoms with E-state index in [-0.39, 0.29) is 0 Å². The van der Waals surface area contributed by atoms with E-state index in [9.17, 15) is 0 Å². The Morgan fingerprint density at radius 2 is 0.941 bits per heavy atom. The first kappa shape index (κ1) is 13.4. The second kappa shape index (κ2) is 3.08. The molecule has 2 heteroatoms. The number of quaternary nitrogens is 2. The maximum absolute atomic E-state index is 2.45. The molecular formula is C15H32N2+2. The standard InChI is InChI=1S/C15H32N2/c1-13(2)9-15(16(5,6)11-13)10-14(3,4)12-17(15,7)8/h9-12H2,1-8H3/q+2. The van der Waals surface area contributed by atoms with Gasteiger partial charge in [0.2, 0.25) is 5.66 Å². The second-order valence-electron chi connectivity index (χ2n) is 9.35. The van der Waals surface area contributed by atoms with Gasteiger partial charge < -0.3 is 0 Å². The molecule has 2 rings (SSSR count). The van der Waals surface area contributed by atoms with Crippen molar-refractivity contribution in [1.82, 2.24) is 0 Å². The van der Waals surface area contributed by atoms with Gasteiger partial charge in [0.1, 0.15) is 0 Å². The van der Waals surface area contributed by atoms with E-state index in [0.717, 1.165) is 0 Å². The Labute approximate surface area is 108 Å². The van der Waals surface area contributed by atoms with Crippen LogP contribution in [0, 0.1) is 10.8 Å². The van der Waals surface area contributed by atoms with Crippen LogP contribution in [0.25, 0.3) is 0 Å². The minimum absolute atomic E-state index is 0.424. The highest BCUT2D eigenvalue weighted by Crippen LogP contribution is 2.57. The van der Waals surface area contributed by atoms with Crippen molar-refractivity contribution >= 4 is 0 Å². The predicted octanol–water partition coefficient (Wildman–Crippen LogP) is 2.70. The lowest BCUT2D eigenvalue weighted by molar-refractivity contribution is -1.12. The zero-order chi connectivity index (χ0) is 13.3. The predicted molar refractivity (Wildman–Crippen MR) is 73.5 cm³/mol. The van der Waals surface area contributed by atoms with Crippen LogP contribution in [-0.2, 0) is 0 Å². The average molecular weight is 240 g/mol. The highest BCUT2D eigenvalue weighted by atomic mass is 15.6. The summed E-state index contributed by atoms with van der Waals surface area (Å²) in [6.45, 7) is 12.4. The molecule has 0 atom stereocenters. The minimum atomic E-state index is 0.424. The SMILES string of the molecule is CC1(C)CC2(CC(C)(C)C[N+]2(C)C)[N+](C)(C)C1. The van der Waals surface area contributed by atoms with E-state index in [1.807, 2.05) is 0 Å². The zero-order valence-corrected chi connectivity index (χ0v) is 13.2. The third-order valence-corrected chi connectivity index (χ3v) is 5.42. The Bertz CT molecular complexity index is 303. The summed E-state index contributed by atoms with van der Waals surface area (Å²) < 4.78 is 2.38. The van der Waals surface area contributed by atoms with E-state index in [2.05, 4.69) is 55.9 Å². The lowest BCUT2D eigenvalue weighted by Gasteiger charge is -2.48. The third kappa shape index (κ3) is 1.76. The van der Waals surface area contributed by atoms with Gasteiger partial charge in [-0.05, 0) is 0 Å². The van der Waals surface area contributed by atoms with Crippen LogP contribution < -0.4 is 0 Å². The Kier molecular flexibility index (Phi) is 2.42. The molecule has 0 aromatic heterocycles. The molecular weight excluding hydrogens is 208 g/mol. The van der Waals surface area contributed by atoms with Crippen molar-refractivity contribution in [3.63, 3.8) is 0 Å². The number of hydrogen-bond acceptors (Lipinski definition) is 0. The molecule has 2 aliphatic rings. The molecule has 17 heavy (non-hydrogen) atoms. The number of nitrogens with zero attached hydrogens (tertiary/aromatic N) is 2. The molecule has 100 valence electrons. The lowest BCUT2D eigenvalue weighted by Crippen LogP contribution is -2.68. The topological polar surface area (TPSA) is 0 Å². The van der Waals surface area contributed by atoms with Gasteiger partial charge in [0.25, 0.3) is 0 Å². The third-order valence-electron chi connectivity index (χ3n) is 5.42. The van der Waals surface area contributed by atoms with Gasteiger partial charge in [-0.3, -0.25) is 8.97 Å². The summed E-state index contributed by atoms with van der Waals surface area (Å²) in [5.74, 6) is 0. The summed E-state index contributed by atoms with van der Waals surface area (Å²) in [4.78, 5) is 0. The van der Waals surface area contributed by atoms with Crippen molar-refractivity contribution in [3.8, 4) is 0 Å². The van der Waals surface area contributed by atoms with Crippen LogP contribution in [0.3, 0.4) is 0 Å². The molecule has 2 heterocycles. The Morgan fingerprint density at radius 1 is 0.647 bits per heavy atom. The Balaban J connectivity index is 2.50.